The van der Waals surface area contributed by atoms with Crippen molar-refractivity contribution in [3.05, 3.63) is 0 Å². The average Bonchev–Trinajstić information content (AvgIpc) is 2.49. The zero-order chi connectivity index (χ0) is 13.3. The maximum Gasteiger partial charge on any atom is 0.346 e. The van der Waals surface area contributed by atoms with E-state index < -0.39 is 0 Å². The minimum absolute atomic E-state index is 0.139. The van der Waals surface area contributed by atoms with Crippen molar-refractivity contribution in [2.24, 2.45) is 22.6 Å². The lowest BCUT2D eigenvalue weighted by Gasteiger charge is -2.43. The van der Waals surface area contributed by atoms with Crippen molar-refractivity contribution in [3.8, 4) is 0 Å². The van der Waals surface area contributed by atoms with Gasteiger partial charge in [0.15, 0.2) is 0 Å². The largest absolute Gasteiger partial charge is 0.385 e. The zero-order valence-corrected chi connectivity index (χ0v) is 11.8. The zero-order valence-electron chi connectivity index (χ0n) is 11.8. The molecule has 18 heavy (non-hydrogen) atoms. The first-order valence-corrected chi connectivity index (χ1v) is 7.16. The molecule has 1 heterocycles. The summed E-state index contributed by atoms with van der Waals surface area (Å²) in [5.74, 6) is 1.94. The van der Waals surface area contributed by atoms with Crippen LogP contribution in [0.2, 0.25) is 0 Å². The molecule has 2 unspecified atom stereocenters. The summed E-state index contributed by atoms with van der Waals surface area (Å²) >= 11 is 0. The topological polar surface area (TPSA) is 58.7 Å². The van der Waals surface area contributed by atoms with Crippen LogP contribution in [0.4, 0.5) is 4.79 Å². The molecule has 2 N–H and O–H groups in total. The molecule has 0 bridgehead atoms. The van der Waals surface area contributed by atoms with Crippen LogP contribution in [0.3, 0.4) is 0 Å². The third-order valence-corrected chi connectivity index (χ3v) is 4.39. The Labute approximate surface area is 110 Å². The van der Waals surface area contributed by atoms with E-state index in [-0.39, 0.29) is 11.6 Å². The number of nitrogens with two attached hydrogens (primary N) is 1. The van der Waals surface area contributed by atoms with Gasteiger partial charge in [0, 0.05) is 6.54 Å². The Morgan fingerprint density at radius 2 is 2.28 bits per heavy atom. The second-order valence-electron chi connectivity index (χ2n) is 6.15. The minimum Gasteiger partial charge on any atom is -0.385 e. The van der Waals surface area contributed by atoms with Gasteiger partial charge in [0.25, 0.3) is 0 Å². The maximum atomic E-state index is 11.9. The van der Waals surface area contributed by atoms with E-state index in [0.29, 0.717) is 24.2 Å². The Kier molecular flexibility index (Phi) is 3.64. The standard InChI is InChI=1S/C14H25N3O/c1-4-17-13(18)16-12(15)14(17)7-5-6-11(9-14)8-10(2)3/h10-11H,4-9H2,1-3H3,(H2,15,16,18). The highest BCUT2D eigenvalue weighted by atomic mass is 16.2. The van der Waals surface area contributed by atoms with Gasteiger partial charge in [0.05, 0.1) is 0 Å². The van der Waals surface area contributed by atoms with E-state index in [2.05, 4.69) is 18.8 Å². The van der Waals surface area contributed by atoms with Gasteiger partial charge in [-0.1, -0.05) is 26.7 Å². The lowest BCUT2D eigenvalue weighted by Crippen LogP contribution is -2.56. The van der Waals surface area contributed by atoms with Crippen molar-refractivity contribution in [1.29, 1.82) is 0 Å². The molecular weight excluding hydrogens is 226 g/mol. The number of carbonyl (C=O) groups is 1. The molecule has 2 aliphatic rings. The van der Waals surface area contributed by atoms with Crippen LogP contribution in [0.25, 0.3) is 0 Å². The van der Waals surface area contributed by atoms with Gasteiger partial charge >= 0.3 is 6.03 Å². The van der Waals surface area contributed by atoms with E-state index in [4.69, 9.17) is 5.73 Å². The van der Waals surface area contributed by atoms with Gasteiger partial charge in [-0.3, -0.25) is 0 Å². The molecule has 1 fully saturated rings. The van der Waals surface area contributed by atoms with Crippen LogP contribution < -0.4 is 5.73 Å². The van der Waals surface area contributed by atoms with Crippen molar-refractivity contribution in [3.63, 3.8) is 0 Å². The Morgan fingerprint density at radius 1 is 1.56 bits per heavy atom. The molecule has 2 amide bonds. The maximum absolute atomic E-state index is 11.9. The monoisotopic (exact) mass is 251 g/mol. The number of amides is 2. The normalized spacial score (nSPS) is 32.4. The number of hydrogen-bond donors (Lipinski definition) is 1. The summed E-state index contributed by atoms with van der Waals surface area (Å²) in [5.41, 5.74) is 5.82. The molecule has 0 saturated heterocycles. The Bertz CT molecular complexity index is 364. The van der Waals surface area contributed by atoms with E-state index in [1.807, 2.05) is 11.8 Å². The quantitative estimate of drug-likeness (QED) is 0.838. The molecule has 0 aromatic rings. The van der Waals surface area contributed by atoms with Crippen molar-refractivity contribution >= 4 is 11.9 Å². The average molecular weight is 251 g/mol. The van der Waals surface area contributed by atoms with E-state index in [1.165, 1.54) is 12.8 Å². The predicted octanol–water partition coefficient (Wildman–Crippen LogP) is 2.77. The molecule has 1 saturated carbocycles. The molecule has 1 aliphatic carbocycles. The highest BCUT2D eigenvalue weighted by Gasteiger charge is 2.49. The highest BCUT2D eigenvalue weighted by molar-refractivity contribution is 6.05. The number of carbonyl (C=O) groups excluding carboxylic acids is 1. The predicted molar refractivity (Wildman–Crippen MR) is 73.5 cm³/mol. The molecule has 4 nitrogen and oxygen atoms in total. The third-order valence-electron chi connectivity index (χ3n) is 4.39. The summed E-state index contributed by atoms with van der Waals surface area (Å²) < 4.78 is 0. The fourth-order valence-electron chi connectivity index (χ4n) is 3.74. The summed E-state index contributed by atoms with van der Waals surface area (Å²) in [4.78, 5) is 17.8. The van der Waals surface area contributed by atoms with Crippen molar-refractivity contribution in [1.82, 2.24) is 4.90 Å². The minimum atomic E-state index is -0.260. The fraction of sp³-hybridized carbons (Fsp3) is 0.857. The molecular formula is C14H25N3O. The SMILES string of the molecule is CCN1C(=O)N=C(N)C12CCCC(CC(C)C)C2. The van der Waals surface area contributed by atoms with Crippen LogP contribution in [-0.4, -0.2) is 28.9 Å². The first kappa shape index (κ1) is 13.4. The van der Waals surface area contributed by atoms with Crippen LogP contribution in [0, 0.1) is 11.8 Å². The smallest absolute Gasteiger partial charge is 0.346 e. The number of nitrogens with zero attached hydrogens (tertiary/aromatic N) is 2. The van der Waals surface area contributed by atoms with Gasteiger partial charge in [0.1, 0.15) is 11.4 Å². The summed E-state index contributed by atoms with van der Waals surface area (Å²) in [7, 11) is 0. The van der Waals surface area contributed by atoms with E-state index in [0.717, 1.165) is 19.3 Å². The van der Waals surface area contributed by atoms with Crippen LogP contribution in [0.5, 0.6) is 0 Å². The molecule has 1 aliphatic heterocycles. The molecule has 0 aromatic heterocycles. The van der Waals surface area contributed by atoms with Crippen LogP contribution >= 0.6 is 0 Å². The summed E-state index contributed by atoms with van der Waals surface area (Å²) in [6.07, 6.45) is 5.62. The molecule has 2 atom stereocenters. The first-order valence-electron chi connectivity index (χ1n) is 7.16. The molecule has 0 aromatic carbocycles. The van der Waals surface area contributed by atoms with Gasteiger partial charge < -0.3 is 10.6 Å². The van der Waals surface area contributed by atoms with Crippen LogP contribution in [-0.2, 0) is 0 Å². The highest BCUT2D eigenvalue weighted by Crippen LogP contribution is 2.42. The summed E-state index contributed by atoms with van der Waals surface area (Å²) in [5, 5.41) is 0. The number of likely N-dealkylation sites (N-methyl/N-ethyl adjacent to an activating group) is 1. The van der Waals surface area contributed by atoms with Gasteiger partial charge in [0.2, 0.25) is 0 Å². The van der Waals surface area contributed by atoms with Crippen molar-refractivity contribution in [2.45, 2.75) is 58.4 Å². The number of urea groups is 1. The summed E-state index contributed by atoms with van der Waals surface area (Å²) in [6.45, 7) is 7.24. The van der Waals surface area contributed by atoms with Gasteiger partial charge in [-0.15, -0.1) is 0 Å². The fourth-order valence-corrected chi connectivity index (χ4v) is 3.74. The molecule has 4 heteroatoms. The van der Waals surface area contributed by atoms with E-state index in [9.17, 15) is 4.79 Å². The lowest BCUT2D eigenvalue weighted by molar-refractivity contribution is 0.117. The van der Waals surface area contributed by atoms with Crippen LogP contribution in [0.15, 0.2) is 4.99 Å². The Morgan fingerprint density at radius 3 is 2.89 bits per heavy atom. The molecule has 1 spiro atoms. The number of hydrogen-bond acceptors (Lipinski definition) is 2. The van der Waals surface area contributed by atoms with Gasteiger partial charge in [-0.2, -0.15) is 4.99 Å². The van der Waals surface area contributed by atoms with Crippen LogP contribution in [0.1, 0.15) is 52.9 Å². The summed E-state index contributed by atoms with van der Waals surface area (Å²) in [6, 6.07) is -0.139. The van der Waals surface area contributed by atoms with Gasteiger partial charge in [-0.25, -0.2) is 4.79 Å². The second kappa shape index (κ2) is 4.90. The first-order chi connectivity index (χ1) is 8.49. The molecule has 0 radical (unpaired) electrons. The van der Waals surface area contributed by atoms with Crippen molar-refractivity contribution in [2.75, 3.05) is 6.54 Å². The number of amidine groups is 1. The molecule has 2 rings (SSSR count). The van der Waals surface area contributed by atoms with E-state index in [1.54, 1.807) is 0 Å². The number of aliphatic imine (C=N–C) groups is 1. The molecule has 102 valence electrons. The lowest BCUT2D eigenvalue weighted by atomic mass is 9.72. The van der Waals surface area contributed by atoms with E-state index >= 15 is 0 Å². The Hall–Kier alpha value is -1.06. The third kappa shape index (κ3) is 2.13. The Balaban J connectivity index is 2.19. The van der Waals surface area contributed by atoms with Gasteiger partial charge in [-0.05, 0) is 38.0 Å². The van der Waals surface area contributed by atoms with Crippen molar-refractivity contribution < 1.29 is 4.79 Å². The second-order valence-corrected chi connectivity index (χ2v) is 6.15. The number of rotatable bonds is 3.